The van der Waals surface area contributed by atoms with Crippen molar-refractivity contribution in [1.82, 2.24) is 9.97 Å². The number of nitrogens with one attached hydrogen (secondary N) is 1. The zero-order chi connectivity index (χ0) is 12.5. The first kappa shape index (κ1) is 13.7. The summed E-state index contributed by atoms with van der Waals surface area (Å²) in [6.07, 6.45) is 6.56. The van der Waals surface area contributed by atoms with E-state index in [-0.39, 0.29) is 0 Å². The molecule has 17 heavy (non-hydrogen) atoms. The largest absolute Gasteiger partial charge is 0.478 e. The van der Waals surface area contributed by atoms with Gasteiger partial charge in [-0.1, -0.05) is 26.2 Å². The van der Waals surface area contributed by atoms with E-state index in [4.69, 9.17) is 4.74 Å². The van der Waals surface area contributed by atoms with E-state index < -0.39 is 0 Å². The highest BCUT2D eigenvalue weighted by molar-refractivity contribution is 5.47. The number of nitrogens with zero attached hydrogens (tertiary/aromatic N) is 2. The standard InChI is InChI=1S/C13H23N3O/c1-4-6-7-8-9-14-12-11(3)13(17-5-2)16-10-15-12/h10H,4-9H2,1-3H3,(H,14,15,16). The molecule has 0 bridgehead atoms. The van der Waals surface area contributed by atoms with Crippen LogP contribution in [0.1, 0.15) is 45.1 Å². The Morgan fingerprint density at radius 2 is 2.00 bits per heavy atom. The van der Waals surface area contributed by atoms with E-state index in [1.807, 2.05) is 13.8 Å². The zero-order valence-corrected chi connectivity index (χ0v) is 11.1. The number of hydrogen-bond acceptors (Lipinski definition) is 4. The zero-order valence-electron chi connectivity index (χ0n) is 11.1. The van der Waals surface area contributed by atoms with Gasteiger partial charge in [0, 0.05) is 6.54 Å². The van der Waals surface area contributed by atoms with Gasteiger partial charge in [0.25, 0.3) is 0 Å². The SMILES string of the molecule is CCCCCCNc1ncnc(OCC)c1C. The highest BCUT2D eigenvalue weighted by atomic mass is 16.5. The van der Waals surface area contributed by atoms with Crippen LogP contribution in [0.25, 0.3) is 0 Å². The second kappa shape index (κ2) is 7.87. The maximum absolute atomic E-state index is 5.43. The Morgan fingerprint density at radius 1 is 1.18 bits per heavy atom. The van der Waals surface area contributed by atoms with Gasteiger partial charge in [-0.3, -0.25) is 0 Å². The molecular weight excluding hydrogens is 214 g/mol. The maximum atomic E-state index is 5.43. The van der Waals surface area contributed by atoms with E-state index in [0.29, 0.717) is 12.5 Å². The number of hydrogen-bond donors (Lipinski definition) is 1. The van der Waals surface area contributed by atoms with Crippen molar-refractivity contribution in [2.45, 2.75) is 46.5 Å². The molecule has 4 heteroatoms. The minimum Gasteiger partial charge on any atom is -0.478 e. The van der Waals surface area contributed by atoms with Gasteiger partial charge in [-0.05, 0) is 20.3 Å². The Kier molecular flexibility index (Phi) is 6.37. The van der Waals surface area contributed by atoms with Crippen molar-refractivity contribution < 1.29 is 4.74 Å². The van der Waals surface area contributed by atoms with Crippen molar-refractivity contribution in [1.29, 1.82) is 0 Å². The Balaban J connectivity index is 2.44. The summed E-state index contributed by atoms with van der Waals surface area (Å²) < 4.78 is 5.43. The van der Waals surface area contributed by atoms with Gasteiger partial charge in [0.15, 0.2) is 0 Å². The van der Waals surface area contributed by atoms with Crippen LogP contribution in [0.2, 0.25) is 0 Å². The molecule has 1 heterocycles. The molecule has 4 nitrogen and oxygen atoms in total. The minimum absolute atomic E-state index is 0.633. The van der Waals surface area contributed by atoms with Gasteiger partial charge in [0.1, 0.15) is 12.1 Å². The lowest BCUT2D eigenvalue weighted by atomic mass is 10.2. The van der Waals surface area contributed by atoms with Crippen LogP contribution in [0.3, 0.4) is 0 Å². The summed E-state index contributed by atoms with van der Waals surface area (Å²) in [5.74, 6) is 1.57. The molecule has 0 radical (unpaired) electrons. The third-order valence-corrected chi connectivity index (χ3v) is 2.64. The Bertz CT molecular complexity index is 328. The summed E-state index contributed by atoms with van der Waals surface area (Å²) >= 11 is 0. The number of aromatic nitrogens is 2. The Labute approximate surface area is 104 Å². The summed E-state index contributed by atoms with van der Waals surface area (Å²) in [7, 11) is 0. The van der Waals surface area contributed by atoms with E-state index in [2.05, 4.69) is 22.2 Å². The van der Waals surface area contributed by atoms with Gasteiger partial charge >= 0.3 is 0 Å². The lowest BCUT2D eigenvalue weighted by Gasteiger charge is -2.11. The topological polar surface area (TPSA) is 47.0 Å². The molecule has 1 aromatic heterocycles. The van der Waals surface area contributed by atoms with Crippen LogP contribution in [0.4, 0.5) is 5.82 Å². The fourth-order valence-electron chi connectivity index (χ4n) is 1.65. The summed E-state index contributed by atoms with van der Waals surface area (Å²) in [5.41, 5.74) is 0.991. The monoisotopic (exact) mass is 237 g/mol. The number of unbranched alkanes of at least 4 members (excludes halogenated alkanes) is 3. The normalized spacial score (nSPS) is 10.3. The fourth-order valence-corrected chi connectivity index (χ4v) is 1.65. The molecule has 0 saturated carbocycles. The first-order valence-electron chi connectivity index (χ1n) is 6.47. The molecular formula is C13H23N3O. The van der Waals surface area contributed by atoms with Crippen molar-refractivity contribution in [3.05, 3.63) is 11.9 Å². The third-order valence-electron chi connectivity index (χ3n) is 2.64. The van der Waals surface area contributed by atoms with Crippen LogP contribution in [0, 0.1) is 6.92 Å². The second-order valence-corrected chi connectivity index (χ2v) is 4.07. The van der Waals surface area contributed by atoms with Crippen LogP contribution >= 0.6 is 0 Å². The smallest absolute Gasteiger partial charge is 0.221 e. The molecule has 0 aliphatic carbocycles. The highest BCUT2D eigenvalue weighted by Gasteiger charge is 2.06. The van der Waals surface area contributed by atoms with E-state index in [9.17, 15) is 0 Å². The summed E-state index contributed by atoms with van der Waals surface area (Å²) in [6.45, 7) is 7.76. The molecule has 0 aliphatic rings. The van der Waals surface area contributed by atoms with Gasteiger partial charge in [-0.15, -0.1) is 0 Å². The first-order chi connectivity index (χ1) is 8.29. The minimum atomic E-state index is 0.633. The van der Waals surface area contributed by atoms with E-state index in [0.717, 1.165) is 17.9 Å². The molecule has 0 amide bonds. The van der Waals surface area contributed by atoms with Gasteiger partial charge < -0.3 is 10.1 Å². The molecule has 1 aromatic rings. The molecule has 0 aromatic carbocycles. The lowest BCUT2D eigenvalue weighted by molar-refractivity contribution is 0.324. The van der Waals surface area contributed by atoms with Crippen LogP contribution in [0.15, 0.2) is 6.33 Å². The van der Waals surface area contributed by atoms with E-state index in [1.165, 1.54) is 25.7 Å². The predicted molar refractivity (Wildman–Crippen MR) is 70.6 cm³/mol. The average molecular weight is 237 g/mol. The van der Waals surface area contributed by atoms with Gasteiger partial charge in [-0.2, -0.15) is 0 Å². The second-order valence-electron chi connectivity index (χ2n) is 4.07. The summed E-state index contributed by atoms with van der Waals surface area (Å²) in [6, 6.07) is 0. The molecule has 0 spiro atoms. The van der Waals surface area contributed by atoms with Crippen molar-refractivity contribution in [2.75, 3.05) is 18.5 Å². The van der Waals surface area contributed by atoms with Crippen LogP contribution in [0.5, 0.6) is 5.88 Å². The molecule has 0 unspecified atom stereocenters. The van der Waals surface area contributed by atoms with Crippen molar-refractivity contribution >= 4 is 5.82 Å². The molecule has 0 saturated heterocycles. The van der Waals surface area contributed by atoms with Crippen LogP contribution in [-0.2, 0) is 0 Å². The van der Waals surface area contributed by atoms with E-state index in [1.54, 1.807) is 6.33 Å². The van der Waals surface area contributed by atoms with Crippen LogP contribution < -0.4 is 10.1 Å². The molecule has 96 valence electrons. The predicted octanol–water partition coefficient (Wildman–Crippen LogP) is 3.18. The summed E-state index contributed by atoms with van der Waals surface area (Å²) in [5, 5.41) is 3.34. The highest BCUT2D eigenvalue weighted by Crippen LogP contribution is 2.20. The van der Waals surface area contributed by atoms with Gasteiger partial charge in [0.05, 0.1) is 12.2 Å². The quantitative estimate of drug-likeness (QED) is 0.705. The molecule has 1 N–H and O–H groups in total. The Morgan fingerprint density at radius 3 is 2.71 bits per heavy atom. The molecule has 1 rings (SSSR count). The van der Waals surface area contributed by atoms with Crippen LogP contribution in [-0.4, -0.2) is 23.1 Å². The van der Waals surface area contributed by atoms with Gasteiger partial charge in [0.2, 0.25) is 5.88 Å². The van der Waals surface area contributed by atoms with Gasteiger partial charge in [-0.25, -0.2) is 9.97 Å². The fraction of sp³-hybridized carbons (Fsp3) is 0.692. The third kappa shape index (κ3) is 4.59. The first-order valence-corrected chi connectivity index (χ1v) is 6.47. The molecule has 0 fully saturated rings. The number of anilines is 1. The number of rotatable bonds is 8. The molecule has 0 atom stereocenters. The van der Waals surface area contributed by atoms with Crippen molar-refractivity contribution in [3.8, 4) is 5.88 Å². The van der Waals surface area contributed by atoms with Crippen molar-refractivity contribution in [2.24, 2.45) is 0 Å². The van der Waals surface area contributed by atoms with Crippen molar-refractivity contribution in [3.63, 3.8) is 0 Å². The number of ether oxygens (including phenoxy) is 1. The lowest BCUT2D eigenvalue weighted by Crippen LogP contribution is -2.07. The molecule has 0 aliphatic heterocycles. The average Bonchev–Trinajstić information content (AvgIpc) is 2.33. The maximum Gasteiger partial charge on any atom is 0.221 e. The Hall–Kier alpha value is -1.32. The van der Waals surface area contributed by atoms with E-state index >= 15 is 0 Å². The summed E-state index contributed by atoms with van der Waals surface area (Å²) in [4.78, 5) is 8.35.